The first-order valence-corrected chi connectivity index (χ1v) is 9.40. The van der Waals surface area contributed by atoms with Crippen molar-refractivity contribution in [1.29, 1.82) is 0 Å². The molecule has 2 amide bonds. The molecular weight excluding hydrogens is 424 g/mol. The number of anilines is 1. The lowest BCUT2D eigenvalue weighted by Gasteiger charge is -2.14. The first-order valence-electron chi connectivity index (χ1n) is 8.60. The number of carbonyl (C=O) groups is 2. The molecule has 0 unspecified atom stereocenters. The van der Waals surface area contributed by atoms with Gasteiger partial charge in [-0.05, 0) is 52.2 Å². The number of amides is 2. The average molecular weight is 447 g/mol. The van der Waals surface area contributed by atoms with Gasteiger partial charge in [-0.25, -0.2) is 5.43 Å². The van der Waals surface area contributed by atoms with Gasteiger partial charge in [-0.2, -0.15) is 5.10 Å². The summed E-state index contributed by atoms with van der Waals surface area (Å²) in [7, 11) is 3.91. The number of ether oxygens (including phenoxy) is 1. The third kappa shape index (κ3) is 6.70. The maximum absolute atomic E-state index is 11.8. The molecular formula is C20H23BrN4O3. The number of carbonyl (C=O) groups excluding carboxylic acids is 2. The Labute approximate surface area is 172 Å². The second kappa shape index (κ2) is 10.5. The Morgan fingerprint density at radius 3 is 2.61 bits per heavy atom. The minimum Gasteiger partial charge on any atom is -0.484 e. The Bertz CT molecular complexity index is 868. The number of aryl methyl sites for hydroxylation is 1. The van der Waals surface area contributed by atoms with Crippen LogP contribution in [0.15, 0.2) is 52.0 Å². The summed E-state index contributed by atoms with van der Waals surface area (Å²) in [6.07, 6.45) is 1.53. The van der Waals surface area contributed by atoms with Gasteiger partial charge in [0.1, 0.15) is 5.75 Å². The standard InChI is InChI=1S/C20H23BrN4O3/c1-14-6-4-5-7-18(14)28-13-20(27)22-12-19(26)24-23-11-15-8-9-17(25(2)3)16(21)10-15/h4-11H,12-13H2,1-3H3,(H,22,27)(H,24,26)/b23-11+. The second-order valence-electron chi connectivity index (χ2n) is 6.23. The monoisotopic (exact) mass is 446 g/mol. The number of halogens is 1. The summed E-state index contributed by atoms with van der Waals surface area (Å²) in [5.41, 5.74) is 5.18. The Balaban J connectivity index is 1.73. The van der Waals surface area contributed by atoms with E-state index in [1.807, 2.05) is 62.3 Å². The van der Waals surface area contributed by atoms with E-state index in [-0.39, 0.29) is 19.1 Å². The van der Waals surface area contributed by atoms with Crippen LogP contribution in [-0.4, -0.2) is 45.3 Å². The van der Waals surface area contributed by atoms with Gasteiger partial charge >= 0.3 is 0 Å². The number of hydrogen-bond acceptors (Lipinski definition) is 5. The second-order valence-corrected chi connectivity index (χ2v) is 7.08. The van der Waals surface area contributed by atoms with Crippen molar-refractivity contribution in [2.45, 2.75) is 6.92 Å². The minimum absolute atomic E-state index is 0.159. The van der Waals surface area contributed by atoms with Gasteiger partial charge in [0, 0.05) is 18.6 Å². The molecule has 0 spiro atoms. The molecule has 2 rings (SSSR count). The summed E-state index contributed by atoms with van der Waals surface area (Å²) in [4.78, 5) is 25.6. The molecule has 0 radical (unpaired) electrons. The summed E-state index contributed by atoms with van der Waals surface area (Å²) in [5, 5.41) is 6.39. The molecule has 2 aromatic rings. The third-order valence-electron chi connectivity index (χ3n) is 3.75. The number of benzene rings is 2. The number of hydrazone groups is 1. The van der Waals surface area contributed by atoms with Crippen LogP contribution >= 0.6 is 15.9 Å². The molecule has 0 aromatic heterocycles. The van der Waals surface area contributed by atoms with Crippen LogP contribution in [-0.2, 0) is 9.59 Å². The van der Waals surface area contributed by atoms with E-state index in [0.717, 1.165) is 21.3 Å². The molecule has 0 bridgehead atoms. The maximum Gasteiger partial charge on any atom is 0.259 e. The van der Waals surface area contributed by atoms with E-state index in [2.05, 4.69) is 31.8 Å². The Hall–Kier alpha value is -2.87. The predicted molar refractivity (Wildman–Crippen MR) is 114 cm³/mol. The normalized spacial score (nSPS) is 10.6. The van der Waals surface area contributed by atoms with Crippen LogP contribution in [0.1, 0.15) is 11.1 Å². The summed E-state index contributed by atoms with van der Waals surface area (Å²) in [6.45, 7) is 1.55. The SMILES string of the molecule is Cc1ccccc1OCC(=O)NCC(=O)N/N=C/c1ccc(N(C)C)c(Br)c1. The van der Waals surface area contributed by atoms with Crippen LogP contribution in [0.5, 0.6) is 5.75 Å². The number of nitrogens with zero attached hydrogens (tertiary/aromatic N) is 2. The number of para-hydroxylation sites is 1. The first-order chi connectivity index (χ1) is 13.4. The molecule has 2 N–H and O–H groups in total. The summed E-state index contributed by atoms with van der Waals surface area (Å²) < 4.78 is 6.35. The van der Waals surface area contributed by atoms with Crippen molar-refractivity contribution in [3.63, 3.8) is 0 Å². The summed E-state index contributed by atoms with van der Waals surface area (Å²) in [6, 6.07) is 13.1. The smallest absolute Gasteiger partial charge is 0.259 e. The molecule has 0 aliphatic carbocycles. The topological polar surface area (TPSA) is 83.0 Å². The van der Waals surface area contributed by atoms with Gasteiger partial charge in [0.05, 0.1) is 18.4 Å². The molecule has 0 aliphatic heterocycles. The molecule has 148 valence electrons. The van der Waals surface area contributed by atoms with E-state index in [1.165, 1.54) is 6.21 Å². The van der Waals surface area contributed by atoms with Gasteiger partial charge < -0.3 is 15.0 Å². The predicted octanol–water partition coefficient (Wildman–Crippen LogP) is 2.47. The van der Waals surface area contributed by atoms with Gasteiger partial charge in [-0.1, -0.05) is 24.3 Å². The third-order valence-corrected chi connectivity index (χ3v) is 4.39. The molecule has 8 heteroatoms. The summed E-state index contributed by atoms with van der Waals surface area (Å²) >= 11 is 3.50. The van der Waals surface area contributed by atoms with E-state index in [4.69, 9.17) is 4.74 Å². The molecule has 2 aromatic carbocycles. The van der Waals surface area contributed by atoms with Crippen LogP contribution in [0, 0.1) is 6.92 Å². The summed E-state index contributed by atoms with van der Waals surface area (Å²) in [5.74, 6) is -0.173. The fraction of sp³-hybridized carbons (Fsp3) is 0.250. The quantitative estimate of drug-likeness (QED) is 0.481. The Morgan fingerprint density at radius 2 is 1.93 bits per heavy atom. The fourth-order valence-corrected chi connectivity index (χ4v) is 3.03. The van der Waals surface area contributed by atoms with Gasteiger partial charge in [-0.3, -0.25) is 9.59 Å². The molecule has 0 saturated carbocycles. The zero-order valence-electron chi connectivity index (χ0n) is 16.0. The van der Waals surface area contributed by atoms with Gasteiger partial charge in [0.25, 0.3) is 11.8 Å². The highest BCUT2D eigenvalue weighted by molar-refractivity contribution is 9.10. The number of hydrogen-bond donors (Lipinski definition) is 2. The maximum atomic E-state index is 11.8. The minimum atomic E-state index is -0.426. The van der Waals surface area contributed by atoms with Gasteiger partial charge in [0.15, 0.2) is 6.61 Å². The van der Waals surface area contributed by atoms with Crippen molar-refractivity contribution in [2.24, 2.45) is 5.10 Å². The first kappa shape index (κ1) is 21.4. The zero-order valence-corrected chi connectivity index (χ0v) is 17.6. The van der Waals surface area contributed by atoms with E-state index in [9.17, 15) is 9.59 Å². The highest BCUT2D eigenvalue weighted by Crippen LogP contribution is 2.25. The molecule has 0 atom stereocenters. The van der Waals surface area contributed by atoms with Crippen molar-refractivity contribution in [3.05, 3.63) is 58.1 Å². The fourth-order valence-electron chi connectivity index (χ4n) is 2.28. The van der Waals surface area contributed by atoms with Crippen molar-refractivity contribution in [2.75, 3.05) is 32.1 Å². The van der Waals surface area contributed by atoms with E-state index in [0.29, 0.717) is 5.75 Å². The van der Waals surface area contributed by atoms with E-state index >= 15 is 0 Å². The molecule has 7 nitrogen and oxygen atoms in total. The van der Waals surface area contributed by atoms with E-state index < -0.39 is 5.91 Å². The van der Waals surface area contributed by atoms with Crippen LogP contribution in [0.4, 0.5) is 5.69 Å². The average Bonchev–Trinajstić information content (AvgIpc) is 2.65. The Morgan fingerprint density at radius 1 is 1.18 bits per heavy atom. The van der Waals surface area contributed by atoms with Crippen LogP contribution in [0.25, 0.3) is 0 Å². The molecule has 0 aliphatic rings. The van der Waals surface area contributed by atoms with Crippen molar-refractivity contribution >= 4 is 39.6 Å². The lowest BCUT2D eigenvalue weighted by Crippen LogP contribution is -2.37. The Kier molecular flexibility index (Phi) is 8.01. The van der Waals surface area contributed by atoms with Gasteiger partial charge in [0.2, 0.25) is 0 Å². The van der Waals surface area contributed by atoms with Gasteiger partial charge in [-0.15, -0.1) is 0 Å². The largest absolute Gasteiger partial charge is 0.484 e. The van der Waals surface area contributed by atoms with Crippen LogP contribution in [0.3, 0.4) is 0 Å². The number of rotatable bonds is 8. The van der Waals surface area contributed by atoms with Crippen LogP contribution < -0.4 is 20.4 Å². The molecule has 0 heterocycles. The van der Waals surface area contributed by atoms with Crippen molar-refractivity contribution in [3.8, 4) is 5.75 Å². The zero-order chi connectivity index (χ0) is 20.5. The highest BCUT2D eigenvalue weighted by atomic mass is 79.9. The molecule has 28 heavy (non-hydrogen) atoms. The molecule has 0 fully saturated rings. The van der Waals surface area contributed by atoms with Crippen LogP contribution in [0.2, 0.25) is 0 Å². The van der Waals surface area contributed by atoms with Crippen molar-refractivity contribution in [1.82, 2.24) is 10.7 Å². The van der Waals surface area contributed by atoms with E-state index in [1.54, 1.807) is 6.07 Å². The highest BCUT2D eigenvalue weighted by Gasteiger charge is 2.07. The van der Waals surface area contributed by atoms with Crippen molar-refractivity contribution < 1.29 is 14.3 Å². The lowest BCUT2D eigenvalue weighted by molar-refractivity contribution is -0.127. The lowest BCUT2D eigenvalue weighted by atomic mass is 10.2. The molecule has 0 saturated heterocycles. The number of nitrogens with one attached hydrogen (secondary N) is 2.